The van der Waals surface area contributed by atoms with Crippen LogP contribution in [0.25, 0.3) is 5.69 Å². The minimum Gasteiger partial charge on any atom is -0.366 e. The van der Waals surface area contributed by atoms with E-state index in [0.29, 0.717) is 49.4 Å². The number of halogens is 3. The molecule has 5 rings (SSSR count). The van der Waals surface area contributed by atoms with E-state index in [0.717, 1.165) is 17.8 Å². The van der Waals surface area contributed by atoms with E-state index in [4.69, 9.17) is 4.74 Å². The maximum absolute atomic E-state index is 13.2. The number of fused-ring (bicyclic) bond motifs is 1. The largest absolute Gasteiger partial charge is 0.416 e. The number of nitrogens with zero attached hydrogens (tertiary/aromatic N) is 4. The fraction of sp³-hybridized carbons (Fsp3) is 0.400. The molecule has 0 unspecified atom stereocenters. The van der Waals surface area contributed by atoms with Crippen molar-refractivity contribution >= 4 is 5.91 Å². The van der Waals surface area contributed by atoms with Gasteiger partial charge in [0.1, 0.15) is 11.4 Å². The Morgan fingerprint density at radius 3 is 2.51 bits per heavy atom. The van der Waals surface area contributed by atoms with Gasteiger partial charge in [0.05, 0.1) is 29.3 Å². The Morgan fingerprint density at radius 1 is 1.11 bits per heavy atom. The van der Waals surface area contributed by atoms with Crippen LogP contribution in [-0.4, -0.2) is 43.6 Å². The van der Waals surface area contributed by atoms with Crippen LogP contribution >= 0.6 is 0 Å². The van der Waals surface area contributed by atoms with Crippen LogP contribution in [0.1, 0.15) is 53.2 Å². The van der Waals surface area contributed by atoms with Gasteiger partial charge in [-0.15, -0.1) is 0 Å². The quantitative estimate of drug-likeness (QED) is 0.556. The van der Waals surface area contributed by atoms with Crippen molar-refractivity contribution in [2.24, 2.45) is 0 Å². The second kappa shape index (κ2) is 8.37. The monoisotopic (exact) mass is 486 g/mol. The zero-order valence-corrected chi connectivity index (χ0v) is 19.4. The van der Waals surface area contributed by atoms with Gasteiger partial charge in [0.2, 0.25) is 0 Å². The van der Waals surface area contributed by atoms with E-state index in [2.05, 4.69) is 4.98 Å². The van der Waals surface area contributed by atoms with E-state index in [-0.39, 0.29) is 17.6 Å². The van der Waals surface area contributed by atoms with Crippen LogP contribution in [0, 0.1) is 6.92 Å². The number of aryl methyl sites for hydroxylation is 1. The Hall–Kier alpha value is -3.40. The first-order chi connectivity index (χ1) is 16.5. The van der Waals surface area contributed by atoms with E-state index in [1.54, 1.807) is 34.1 Å². The number of hydrogen-bond donors (Lipinski definition) is 0. The summed E-state index contributed by atoms with van der Waals surface area (Å²) in [7, 11) is 0. The van der Waals surface area contributed by atoms with Crippen molar-refractivity contribution in [2.45, 2.75) is 51.1 Å². The fourth-order valence-electron chi connectivity index (χ4n) is 4.90. The van der Waals surface area contributed by atoms with Gasteiger partial charge in [-0.3, -0.25) is 9.59 Å². The van der Waals surface area contributed by atoms with Crippen LogP contribution in [0.3, 0.4) is 0 Å². The maximum atomic E-state index is 13.2. The van der Waals surface area contributed by atoms with Crippen LogP contribution in [0.2, 0.25) is 0 Å². The van der Waals surface area contributed by atoms with Crippen molar-refractivity contribution in [3.8, 4) is 5.69 Å². The molecule has 0 N–H and O–H groups in total. The minimum absolute atomic E-state index is 0.246. The average molecular weight is 486 g/mol. The van der Waals surface area contributed by atoms with Gasteiger partial charge in [-0.2, -0.15) is 13.2 Å². The number of benzene rings is 1. The summed E-state index contributed by atoms with van der Waals surface area (Å²) < 4.78 is 48.0. The first-order valence-corrected chi connectivity index (χ1v) is 11.4. The predicted octanol–water partition coefficient (Wildman–Crippen LogP) is 4.13. The molecule has 1 amide bonds. The molecule has 2 aromatic heterocycles. The summed E-state index contributed by atoms with van der Waals surface area (Å²) in [6, 6.07) is 8.32. The van der Waals surface area contributed by atoms with Crippen molar-refractivity contribution in [1.82, 2.24) is 19.0 Å². The summed E-state index contributed by atoms with van der Waals surface area (Å²) in [6.07, 6.45) is -0.0809. The van der Waals surface area contributed by atoms with Gasteiger partial charge >= 0.3 is 6.18 Å². The molecule has 1 aromatic carbocycles. The van der Waals surface area contributed by atoms with E-state index in [1.165, 1.54) is 16.7 Å². The highest BCUT2D eigenvalue weighted by Crippen LogP contribution is 2.41. The highest BCUT2D eigenvalue weighted by molar-refractivity contribution is 5.93. The topological polar surface area (TPSA) is 69.4 Å². The Morgan fingerprint density at radius 2 is 1.86 bits per heavy atom. The number of hydrogen-bond acceptors (Lipinski definition) is 4. The molecule has 184 valence electrons. The highest BCUT2D eigenvalue weighted by Gasteiger charge is 2.40. The van der Waals surface area contributed by atoms with Gasteiger partial charge in [0.15, 0.2) is 0 Å². The number of amides is 1. The molecular weight excluding hydrogens is 461 g/mol. The van der Waals surface area contributed by atoms with Gasteiger partial charge < -0.3 is 18.8 Å². The molecule has 0 aliphatic carbocycles. The summed E-state index contributed by atoms with van der Waals surface area (Å²) in [4.78, 5) is 32.1. The van der Waals surface area contributed by atoms with E-state index in [9.17, 15) is 22.8 Å². The van der Waals surface area contributed by atoms with Crippen LogP contribution < -0.4 is 5.56 Å². The van der Waals surface area contributed by atoms with Gasteiger partial charge in [0, 0.05) is 25.8 Å². The Labute approximate surface area is 199 Å². The Bertz CT molecular complexity index is 1330. The molecule has 0 saturated carbocycles. The van der Waals surface area contributed by atoms with Crippen LogP contribution in [0.5, 0.6) is 0 Å². The number of carbonyl (C=O) groups is 1. The maximum Gasteiger partial charge on any atom is 0.416 e. The fourth-order valence-corrected chi connectivity index (χ4v) is 4.90. The SMILES string of the molecule is Cc1cn(-c2ccc3n(c2=O)CCN(C[C@]2(C)CC[C@@H](c4ccc(C(F)(F)F)cc4)O2)C3=O)cn1. The number of rotatable bonds is 4. The van der Waals surface area contributed by atoms with Gasteiger partial charge in [-0.05, 0) is 56.5 Å². The van der Waals surface area contributed by atoms with Crippen molar-refractivity contribution in [2.75, 3.05) is 13.1 Å². The summed E-state index contributed by atoms with van der Waals surface area (Å²) in [5, 5.41) is 0. The van der Waals surface area contributed by atoms with Gasteiger partial charge in [-0.25, -0.2) is 4.98 Å². The number of imidazole rings is 1. The number of pyridine rings is 1. The number of aromatic nitrogens is 3. The molecule has 1 fully saturated rings. The molecule has 2 atom stereocenters. The van der Waals surface area contributed by atoms with Crippen molar-refractivity contribution < 1.29 is 22.7 Å². The van der Waals surface area contributed by atoms with Crippen molar-refractivity contribution in [3.05, 3.63) is 81.8 Å². The van der Waals surface area contributed by atoms with Gasteiger partial charge in [0.25, 0.3) is 11.5 Å². The molecular formula is C25H25F3N4O3. The predicted molar refractivity (Wildman–Crippen MR) is 121 cm³/mol. The standard InChI is InChI=1S/C25H25F3N4O3/c1-16-13-31(15-29-16)19-7-8-20-22(33)30(11-12-32(20)23(19)34)14-24(2)10-9-21(35-24)17-3-5-18(6-4-17)25(26,27)28/h3-8,13,15,21H,9-12,14H2,1-2H3/t21-,24-/m0/s1. The molecule has 1 saturated heterocycles. The molecule has 35 heavy (non-hydrogen) atoms. The first-order valence-electron chi connectivity index (χ1n) is 11.4. The second-order valence-electron chi connectivity index (χ2n) is 9.42. The summed E-state index contributed by atoms with van der Waals surface area (Å²) in [5.74, 6) is -0.246. The normalized spacial score (nSPS) is 22.5. The lowest BCUT2D eigenvalue weighted by Gasteiger charge is -2.36. The number of alkyl halides is 3. The molecule has 0 radical (unpaired) electrons. The lowest BCUT2D eigenvalue weighted by molar-refractivity contribution is -0.137. The molecule has 7 nitrogen and oxygen atoms in total. The number of carbonyl (C=O) groups excluding carboxylic acids is 1. The van der Waals surface area contributed by atoms with Crippen LogP contribution in [0.4, 0.5) is 13.2 Å². The summed E-state index contributed by atoms with van der Waals surface area (Å²) >= 11 is 0. The van der Waals surface area contributed by atoms with E-state index < -0.39 is 17.3 Å². The highest BCUT2D eigenvalue weighted by atomic mass is 19.4. The Kier molecular flexibility index (Phi) is 5.58. The third kappa shape index (κ3) is 4.38. The molecule has 4 heterocycles. The minimum atomic E-state index is -4.38. The number of ether oxygens (including phenoxy) is 1. The zero-order chi connectivity index (χ0) is 25.0. The van der Waals surface area contributed by atoms with Crippen molar-refractivity contribution in [3.63, 3.8) is 0 Å². The molecule has 2 aliphatic heterocycles. The Balaban J connectivity index is 1.30. The van der Waals surface area contributed by atoms with Crippen molar-refractivity contribution in [1.29, 1.82) is 0 Å². The molecule has 2 aliphatic rings. The molecule has 10 heteroatoms. The van der Waals surface area contributed by atoms with E-state index >= 15 is 0 Å². The lowest BCUT2D eigenvalue weighted by atomic mass is 9.99. The summed E-state index contributed by atoms with van der Waals surface area (Å²) in [6.45, 7) is 4.81. The zero-order valence-electron chi connectivity index (χ0n) is 19.4. The van der Waals surface area contributed by atoms with Crippen LogP contribution in [0.15, 0.2) is 53.7 Å². The second-order valence-corrected chi connectivity index (χ2v) is 9.42. The first kappa shape index (κ1) is 23.3. The lowest BCUT2D eigenvalue weighted by Crippen LogP contribution is -2.50. The van der Waals surface area contributed by atoms with Gasteiger partial charge in [-0.1, -0.05) is 12.1 Å². The molecule has 0 bridgehead atoms. The third-order valence-corrected chi connectivity index (χ3v) is 6.74. The van der Waals surface area contributed by atoms with Crippen LogP contribution in [-0.2, 0) is 17.5 Å². The summed E-state index contributed by atoms with van der Waals surface area (Å²) in [5.41, 5.74) is 0.642. The average Bonchev–Trinajstić information content (AvgIpc) is 3.41. The van der Waals surface area contributed by atoms with E-state index in [1.807, 2.05) is 13.8 Å². The third-order valence-electron chi connectivity index (χ3n) is 6.74. The smallest absolute Gasteiger partial charge is 0.366 e. The molecule has 3 aromatic rings. The molecule has 0 spiro atoms.